The Morgan fingerprint density at radius 2 is 2.18 bits per heavy atom. The summed E-state index contributed by atoms with van der Waals surface area (Å²) >= 11 is 0. The molecule has 22 heavy (non-hydrogen) atoms. The smallest absolute Gasteiger partial charge is 0.408 e. The Hall–Kier alpha value is -2.57. The molecule has 2 aromatic rings. The van der Waals surface area contributed by atoms with Crippen LogP contribution in [0, 0.1) is 0 Å². The highest BCUT2D eigenvalue weighted by Crippen LogP contribution is 2.17. The summed E-state index contributed by atoms with van der Waals surface area (Å²) in [5.41, 5.74) is 1.55. The van der Waals surface area contributed by atoms with Crippen molar-refractivity contribution in [3.8, 4) is 0 Å². The van der Waals surface area contributed by atoms with Crippen LogP contribution in [0.15, 0.2) is 24.5 Å². The molecule has 0 aromatic carbocycles. The maximum Gasteiger partial charge on any atom is 0.408 e. The highest BCUT2D eigenvalue weighted by atomic mass is 16.6. The molecule has 2 aromatic heterocycles. The number of H-pyrrole nitrogens is 1. The Bertz CT molecular complexity index is 687. The monoisotopic (exact) mass is 305 g/mol. The van der Waals surface area contributed by atoms with E-state index in [1.54, 1.807) is 39.2 Å². The van der Waals surface area contributed by atoms with Gasteiger partial charge in [0.15, 0.2) is 0 Å². The molecule has 7 nitrogen and oxygen atoms in total. The van der Waals surface area contributed by atoms with Crippen molar-refractivity contribution >= 4 is 23.1 Å². The Morgan fingerprint density at radius 1 is 1.45 bits per heavy atom. The number of carboxylic acid groups (broad SMARTS) is 1. The zero-order valence-corrected chi connectivity index (χ0v) is 12.7. The molecule has 0 spiro atoms. The first-order valence-corrected chi connectivity index (χ1v) is 6.89. The number of alkyl carbamates (subject to hydrolysis) is 1. The first-order valence-electron chi connectivity index (χ1n) is 6.89. The molecule has 3 N–H and O–H groups in total. The van der Waals surface area contributed by atoms with Crippen LogP contribution in [0.5, 0.6) is 0 Å². The quantitative estimate of drug-likeness (QED) is 0.802. The number of amides is 1. The van der Waals surface area contributed by atoms with E-state index in [4.69, 9.17) is 4.74 Å². The predicted octanol–water partition coefficient (Wildman–Crippen LogP) is 2.08. The topological polar surface area (TPSA) is 104 Å². The number of hydrogen-bond donors (Lipinski definition) is 3. The van der Waals surface area contributed by atoms with Crippen molar-refractivity contribution in [1.82, 2.24) is 15.3 Å². The van der Waals surface area contributed by atoms with Gasteiger partial charge in [-0.3, -0.25) is 4.98 Å². The Labute approximate surface area is 127 Å². The molecule has 2 rings (SSSR count). The van der Waals surface area contributed by atoms with Crippen molar-refractivity contribution in [2.75, 3.05) is 0 Å². The molecule has 0 aliphatic carbocycles. The molecule has 7 heteroatoms. The number of ether oxygens (including phenoxy) is 1. The maximum atomic E-state index is 11.7. The number of pyridine rings is 1. The molecule has 0 saturated carbocycles. The lowest BCUT2D eigenvalue weighted by Crippen LogP contribution is -2.44. The van der Waals surface area contributed by atoms with Gasteiger partial charge >= 0.3 is 12.1 Å². The third-order valence-corrected chi connectivity index (χ3v) is 2.93. The van der Waals surface area contributed by atoms with Crippen LogP contribution in [-0.2, 0) is 16.0 Å². The van der Waals surface area contributed by atoms with E-state index in [1.807, 2.05) is 6.07 Å². The van der Waals surface area contributed by atoms with Crippen LogP contribution < -0.4 is 5.32 Å². The largest absolute Gasteiger partial charge is 0.480 e. The highest BCUT2D eigenvalue weighted by Gasteiger charge is 2.25. The lowest BCUT2D eigenvalue weighted by atomic mass is 10.1. The number of rotatable bonds is 4. The van der Waals surface area contributed by atoms with Gasteiger partial charge in [0.05, 0.1) is 11.0 Å². The molecule has 0 fully saturated rings. The highest BCUT2D eigenvalue weighted by molar-refractivity contribution is 5.83. The first-order chi connectivity index (χ1) is 10.3. The van der Waals surface area contributed by atoms with Crippen LogP contribution in [0.25, 0.3) is 11.0 Å². The summed E-state index contributed by atoms with van der Waals surface area (Å²) < 4.78 is 5.09. The second kappa shape index (κ2) is 6.05. The molecule has 0 aliphatic heterocycles. The summed E-state index contributed by atoms with van der Waals surface area (Å²) in [5, 5.41) is 11.7. The number of fused-ring (bicyclic) bond motifs is 1. The van der Waals surface area contributed by atoms with Crippen LogP contribution >= 0.6 is 0 Å². The van der Waals surface area contributed by atoms with Crippen molar-refractivity contribution in [3.63, 3.8) is 0 Å². The molecule has 1 amide bonds. The van der Waals surface area contributed by atoms with Gasteiger partial charge in [-0.05, 0) is 38.5 Å². The van der Waals surface area contributed by atoms with Gasteiger partial charge in [0.1, 0.15) is 11.6 Å². The number of nitrogens with one attached hydrogen (secondary N) is 2. The van der Waals surface area contributed by atoms with Gasteiger partial charge < -0.3 is 20.1 Å². The Morgan fingerprint density at radius 3 is 2.82 bits per heavy atom. The fourth-order valence-electron chi connectivity index (χ4n) is 2.04. The molecule has 2 heterocycles. The normalized spacial score (nSPS) is 12.9. The van der Waals surface area contributed by atoms with E-state index in [0.29, 0.717) is 5.52 Å². The van der Waals surface area contributed by atoms with Gasteiger partial charge in [-0.2, -0.15) is 0 Å². The van der Waals surface area contributed by atoms with Gasteiger partial charge in [-0.25, -0.2) is 9.59 Å². The zero-order chi connectivity index (χ0) is 16.3. The van der Waals surface area contributed by atoms with Crippen molar-refractivity contribution in [2.24, 2.45) is 0 Å². The fraction of sp³-hybridized carbons (Fsp3) is 0.400. The number of carbonyl (C=O) groups is 2. The number of aliphatic carboxylic acids is 1. The molecular weight excluding hydrogens is 286 g/mol. The second-order valence-electron chi connectivity index (χ2n) is 5.95. The third-order valence-electron chi connectivity index (χ3n) is 2.93. The molecule has 1 atom stereocenters. The van der Waals surface area contributed by atoms with Crippen molar-refractivity contribution in [3.05, 3.63) is 30.1 Å². The Kier molecular flexibility index (Phi) is 4.35. The first kappa shape index (κ1) is 15.8. The van der Waals surface area contributed by atoms with E-state index < -0.39 is 23.7 Å². The SMILES string of the molecule is CC(C)(C)OC(=O)N[C@H](Cc1c[nH]c2cccnc12)C(=O)O. The molecule has 0 radical (unpaired) electrons. The van der Waals surface area contributed by atoms with Crippen molar-refractivity contribution in [2.45, 2.75) is 38.8 Å². The zero-order valence-electron chi connectivity index (χ0n) is 12.7. The van der Waals surface area contributed by atoms with E-state index in [1.165, 1.54) is 0 Å². The average Bonchev–Trinajstić information content (AvgIpc) is 2.79. The van der Waals surface area contributed by atoms with Crippen molar-refractivity contribution < 1.29 is 19.4 Å². The predicted molar refractivity (Wildman–Crippen MR) is 80.6 cm³/mol. The molecule has 0 unspecified atom stereocenters. The number of aromatic nitrogens is 2. The molecule has 118 valence electrons. The summed E-state index contributed by atoms with van der Waals surface area (Å²) in [6.45, 7) is 5.14. The van der Waals surface area contributed by atoms with E-state index >= 15 is 0 Å². The number of carbonyl (C=O) groups excluding carboxylic acids is 1. The number of carboxylic acids is 1. The standard InChI is InChI=1S/C15H19N3O4/c1-15(2,3)22-14(21)18-11(13(19)20)7-9-8-17-10-5-4-6-16-12(9)10/h4-6,8,11,17H,7H2,1-3H3,(H,18,21)(H,19,20)/t11-/m1/s1. The third kappa shape index (κ3) is 3.97. The molecular formula is C15H19N3O4. The van der Waals surface area contributed by atoms with Gasteiger partial charge in [0, 0.05) is 18.8 Å². The van der Waals surface area contributed by atoms with Crippen LogP contribution in [0.3, 0.4) is 0 Å². The Balaban J connectivity index is 2.12. The lowest BCUT2D eigenvalue weighted by molar-refractivity contribution is -0.139. The van der Waals surface area contributed by atoms with E-state index in [0.717, 1.165) is 11.1 Å². The molecule has 0 saturated heterocycles. The maximum absolute atomic E-state index is 11.7. The summed E-state index contributed by atoms with van der Waals surface area (Å²) in [5.74, 6) is -1.13. The lowest BCUT2D eigenvalue weighted by Gasteiger charge is -2.21. The number of aromatic amines is 1. The summed E-state index contributed by atoms with van der Waals surface area (Å²) in [7, 11) is 0. The summed E-state index contributed by atoms with van der Waals surface area (Å²) in [6, 6.07) is 2.55. The molecule has 0 aliphatic rings. The minimum absolute atomic E-state index is 0.117. The van der Waals surface area contributed by atoms with Gasteiger partial charge in [-0.15, -0.1) is 0 Å². The van der Waals surface area contributed by atoms with Crippen LogP contribution in [-0.4, -0.2) is 38.8 Å². The summed E-state index contributed by atoms with van der Waals surface area (Å²) in [6.07, 6.45) is 2.69. The minimum atomic E-state index is -1.13. The minimum Gasteiger partial charge on any atom is -0.480 e. The summed E-state index contributed by atoms with van der Waals surface area (Å²) in [4.78, 5) is 30.4. The average molecular weight is 305 g/mol. The van der Waals surface area contributed by atoms with Crippen LogP contribution in [0.2, 0.25) is 0 Å². The van der Waals surface area contributed by atoms with Gasteiger partial charge in [0.2, 0.25) is 0 Å². The number of nitrogens with zero attached hydrogens (tertiary/aromatic N) is 1. The van der Waals surface area contributed by atoms with Gasteiger partial charge in [0.25, 0.3) is 0 Å². The molecule has 0 bridgehead atoms. The van der Waals surface area contributed by atoms with E-state index in [9.17, 15) is 14.7 Å². The van der Waals surface area contributed by atoms with E-state index in [2.05, 4.69) is 15.3 Å². The van der Waals surface area contributed by atoms with Crippen LogP contribution in [0.1, 0.15) is 26.3 Å². The second-order valence-corrected chi connectivity index (χ2v) is 5.95. The van der Waals surface area contributed by atoms with Crippen molar-refractivity contribution in [1.29, 1.82) is 0 Å². The van der Waals surface area contributed by atoms with E-state index in [-0.39, 0.29) is 6.42 Å². The fourth-order valence-corrected chi connectivity index (χ4v) is 2.04. The van der Waals surface area contributed by atoms with Gasteiger partial charge in [-0.1, -0.05) is 0 Å². The number of hydrogen-bond acceptors (Lipinski definition) is 4. The van der Waals surface area contributed by atoms with Crippen LogP contribution in [0.4, 0.5) is 4.79 Å².